The first kappa shape index (κ1) is 16.2. The molecule has 0 saturated carbocycles. The van der Waals surface area contributed by atoms with E-state index in [4.69, 9.17) is 4.74 Å². The van der Waals surface area contributed by atoms with Gasteiger partial charge in [0.2, 0.25) is 0 Å². The Labute approximate surface area is 120 Å². The molecule has 1 aromatic rings. The van der Waals surface area contributed by atoms with Crippen molar-refractivity contribution in [2.24, 2.45) is 0 Å². The zero-order valence-corrected chi connectivity index (χ0v) is 12.8. The van der Waals surface area contributed by atoms with Crippen LogP contribution < -0.4 is 5.32 Å². The normalized spacial score (nSPS) is 12.3. The molecule has 3 nitrogen and oxygen atoms in total. The van der Waals surface area contributed by atoms with E-state index >= 15 is 0 Å². The third-order valence-corrected chi connectivity index (χ3v) is 3.84. The van der Waals surface area contributed by atoms with Crippen LogP contribution in [0, 0.1) is 0 Å². The van der Waals surface area contributed by atoms with E-state index < -0.39 is 0 Å². The number of esters is 1. The first-order valence-corrected chi connectivity index (χ1v) is 8.01. The van der Waals surface area contributed by atoms with Crippen molar-refractivity contribution in [1.29, 1.82) is 0 Å². The Morgan fingerprint density at radius 1 is 1.42 bits per heavy atom. The number of nitrogens with one attached hydrogen (secondary N) is 1. The highest BCUT2D eigenvalue weighted by molar-refractivity contribution is 7.09. The van der Waals surface area contributed by atoms with Crippen molar-refractivity contribution in [2.45, 2.75) is 52.0 Å². The second kappa shape index (κ2) is 9.98. The Morgan fingerprint density at radius 2 is 2.26 bits per heavy atom. The summed E-state index contributed by atoms with van der Waals surface area (Å²) in [4.78, 5) is 12.6. The summed E-state index contributed by atoms with van der Waals surface area (Å²) < 4.78 is 4.89. The lowest BCUT2D eigenvalue weighted by Gasteiger charge is -2.12. The van der Waals surface area contributed by atoms with Crippen LogP contribution in [0.2, 0.25) is 0 Å². The smallest absolute Gasteiger partial charge is 0.305 e. The molecule has 1 rings (SSSR count). The number of rotatable bonds is 10. The van der Waals surface area contributed by atoms with Crippen LogP contribution in [0.15, 0.2) is 17.5 Å². The average molecular weight is 283 g/mol. The van der Waals surface area contributed by atoms with Crippen molar-refractivity contribution < 1.29 is 9.53 Å². The minimum absolute atomic E-state index is 0.0680. The molecule has 0 amide bonds. The van der Waals surface area contributed by atoms with Gasteiger partial charge in [-0.3, -0.25) is 4.79 Å². The highest BCUT2D eigenvalue weighted by Crippen LogP contribution is 2.11. The molecule has 0 aromatic carbocycles. The van der Waals surface area contributed by atoms with E-state index in [1.165, 1.54) is 4.88 Å². The summed E-state index contributed by atoms with van der Waals surface area (Å²) in [7, 11) is 0. The molecule has 0 radical (unpaired) electrons. The van der Waals surface area contributed by atoms with E-state index in [0.29, 0.717) is 19.1 Å². The third kappa shape index (κ3) is 8.01. The van der Waals surface area contributed by atoms with Crippen molar-refractivity contribution in [3.8, 4) is 0 Å². The highest BCUT2D eigenvalue weighted by atomic mass is 32.1. The Hall–Kier alpha value is -0.870. The van der Waals surface area contributed by atoms with Crippen LogP contribution in [0.3, 0.4) is 0 Å². The monoisotopic (exact) mass is 283 g/mol. The zero-order chi connectivity index (χ0) is 13.9. The first-order valence-electron chi connectivity index (χ1n) is 7.13. The molecule has 4 heteroatoms. The molecule has 0 aliphatic carbocycles. The number of hydrogen-bond donors (Lipinski definition) is 1. The van der Waals surface area contributed by atoms with Crippen molar-refractivity contribution in [1.82, 2.24) is 5.32 Å². The van der Waals surface area contributed by atoms with Gasteiger partial charge in [-0.15, -0.1) is 11.3 Å². The summed E-state index contributed by atoms with van der Waals surface area (Å²) in [5.41, 5.74) is 0. The first-order chi connectivity index (χ1) is 9.22. The van der Waals surface area contributed by atoms with E-state index in [1.54, 1.807) is 0 Å². The summed E-state index contributed by atoms with van der Waals surface area (Å²) in [5.74, 6) is -0.0680. The average Bonchev–Trinajstić information content (AvgIpc) is 2.86. The van der Waals surface area contributed by atoms with Gasteiger partial charge in [0.05, 0.1) is 6.61 Å². The summed E-state index contributed by atoms with van der Waals surface area (Å²) in [6, 6.07) is 4.80. The second-order valence-electron chi connectivity index (χ2n) is 4.75. The van der Waals surface area contributed by atoms with Gasteiger partial charge in [-0.2, -0.15) is 0 Å². The van der Waals surface area contributed by atoms with Crippen molar-refractivity contribution in [3.63, 3.8) is 0 Å². The van der Waals surface area contributed by atoms with Crippen LogP contribution in [-0.4, -0.2) is 25.2 Å². The van der Waals surface area contributed by atoms with E-state index in [2.05, 4.69) is 29.8 Å². The fourth-order valence-corrected chi connectivity index (χ4v) is 2.79. The van der Waals surface area contributed by atoms with Crippen LogP contribution >= 0.6 is 11.3 Å². The van der Waals surface area contributed by atoms with Crippen molar-refractivity contribution in [2.75, 3.05) is 13.2 Å². The molecular formula is C15H25NO2S. The number of carbonyl (C=O) groups excluding carboxylic acids is 1. The second-order valence-corrected chi connectivity index (χ2v) is 5.79. The quantitative estimate of drug-likeness (QED) is 0.528. The van der Waals surface area contributed by atoms with Gasteiger partial charge in [0.1, 0.15) is 0 Å². The van der Waals surface area contributed by atoms with Gasteiger partial charge in [0, 0.05) is 17.3 Å². The Kier molecular flexibility index (Phi) is 8.50. The summed E-state index contributed by atoms with van der Waals surface area (Å²) >= 11 is 1.82. The third-order valence-electron chi connectivity index (χ3n) is 2.94. The minimum Gasteiger partial charge on any atom is -0.466 e. The number of ether oxygens (including phenoxy) is 1. The van der Waals surface area contributed by atoms with Crippen LogP contribution in [0.25, 0.3) is 0 Å². The number of thiophene rings is 1. The maximum atomic E-state index is 11.1. The molecule has 1 heterocycles. The van der Waals surface area contributed by atoms with Gasteiger partial charge in [-0.25, -0.2) is 0 Å². The summed E-state index contributed by atoms with van der Waals surface area (Å²) in [6.45, 7) is 5.57. The Morgan fingerprint density at radius 3 is 2.95 bits per heavy atom. The molecule has 0 saturated heterocycles. The van der Waals surface area contributed by atoms with Gasteiger partial charge < -0.3 is 10.1 Å². The van der Waals surface area contributed by atoms with Crippen molar-refractivity contribution >= 4 is 17.3 Å². The molecule has 0 spiro atoms. The molecule has 19 heavy (non-hydrogen) atoms. The van der Waals surface area contributed by atoms with Crippen LogP contribution in [0.4, 0.5) is 0 Å². The number of carbonyl (C=O) groups is 1. The predicted molar refractivity (Wildman–Crippen MR) is 80.6 cm³/mol. The van der Waals surface area contributed by atoms with Gasteiger partial charge in [0.15, 0.2) is 0 Å². The summed E-state index contributed by atoms with van der Waals surface area (Å²) in [6.07, 6.45) is 4.78. The van der Waals surface area contributed by atoms with Gasteiger partial charge in [-0.05, 0) is 51.1 Å². The molecule has 108 valence electrons. The molecule has 1 unspecified atom stereocenters. The van der Waals surface area contributed by atoms with Gasteiger partial charge in [0.25, 0.3) is 0 Å². The molecule has 1 atom stereocenters. The standard InChI is InChI=1S/C15H25NO2S/c1-3-18-15(17)9-5-4-6-10-16-13(2)12-14-8-7-11-19-14/h7-8,11,13,16H,3-6,9-10,12H2,1-2H3. The highest BCUT2D eigenvalue weighted by Gasteiger charge is 2.04. The Balaban J connectivity index is 1.94. The molecule has 0 aliphatic rings. The lowest BCUT2D eigenvalue weighted by atomic mass is 10.1. The summed E-state index contributed by atoms with van der Waals surface area (Å²) in [5, 5.41) is 5.65. The maximum Gasteiger partial charge on any atom is 0.305 e. The lowest BCUT2D eigenvalue weighted by molar-refractivity contribution is -0.143. The largest absolute Gasteiger partial charge is 0.466 e. The fraction of sp³-hybridized carbons (Fsp3) is 0.667. The fourth-order valence-electron chi connectivity index (χ4n) is 1.96. The Bertz CT molecular complexity index is 338. The zero-order valence-electron chi connectivity index (χ0n) is 12.0. The number of hydrogen-bond acceptors (Lipinski definition) is 4. The lowest BCUT2D eigenvalue weighted by Crippen LogP contribution is -2.28. The molecule has 0 bridgehead atoms. The van der Waals surface area contributed by atoms with Gasteiger partial charge in [-0.1, -0.05) is 12.5 Å². The van der Waals surface area contributed by atoms with Crippen LogP contribution in [0.5, 0.6) is 0 Å². The topological polar surface area (TPSA) is 38.3 Å². The van der Waals surface area contributed by atoms with E-state index in [0.717, 1.165) is 32.2 Å². The maximum absolute atomic E-state index is 11.1. The molecule has 1 N–H and O–H groups in total. The predicted octanol–water partition coefficient (Wildman–Crippen LogP) is 3.39. The van der Waals surface area contributed by atoms with Gasteiger partial charge >= 0.3 is 5.97 Å². The van der Waals surface area contributed by atoms with Crippen LogP contribution in [0.1, 0.15) is 44.4 Å². The molecular weight excluding hydrogens is 258 g/mol. The van der Waals surface area contributed by atoms with Crippen LogP contribution in [-0.2, 0) is 16.0 Å². The van der Waals surface area contributed by atoms with E-state index in [9.17, 15) is 4.79 Å². The van der Waals surface area contributed by atoms with Crippen molar-refractivity contribution in [3.05, 3.63) is 22.4 Å². The SMILES string of the molecule is CCOC(=O)CCCCCNC(C)Cc1cccs1. The molecule has 1 aromatic heterocycles. The van der Waals surface area contributed by atoms with E-state index in [-0.39, 0.29) is 5.97 Å². The number of unbranched alkanes of at least 4 members (excludes halogenated alkanes) is 2. The minimum atomic E-state index is -0.0680. The molecule has 0 fully saturated rings. The molecule has 0 aliphatic heterocycles. The van der Waals surface area contributed by atoms with E-state index in [1.807, 2.05) is 18.3 Å².